The van der Waals surface area contributed by atoms with Crippen LogP contribution in [0.3, 0.4) is 0 Å². The number of esters is 1. The van der Waals surface area contributed by atoms with Gasteiger partial charge < -0.3 is 19.7 Å². The van der Waals surface area contributed by atoms with Gasteiger partial charge in [-0.1, -0.05) is 17.7 Å². The lowest BCUT2D eigenvalue weighted by Crippen LogP contribution is -2.43. The number of carbonyl (C=O) groups excluding carboxylic acids is 1. The highest BCUT2D eigenvalue weighted by Gasteiger charge is 2.23. The number of methoxy groups -OCH3 is 1. The molecule has 0 amide bonds. The first-order valence-corrected chi connectivity index (χ1v) is 9.79. The third-order valence-corrected chi connectivity index (χ3v) is 5.04. The third-order valence-electron chi connectivity index (χ3n) is 4.72. The summed E-state index contributed by atoms with van der Waals surface area (Å²) in [6.07, 6.45) is 5.11. The molecule has 1 aromatic carbocycles. The van der Waals surface area contributed by atoms with Crippen LogP contribution in [0, 0.1) is 0 Å². The highest BCUT2D eigenvalue weighted by Crippen LogP contribution is 2.28. The second-order valence-corrected chi connectivity index (χ2v) is 6.97. The quantitative estimate of drug-likeness (QED) is 0.710. The minimum absolute atomic E-state index is 0.196. The van der Waals surface area contributed by atoms with Crippen LogP contribution in [0.2, 0.25) is 5.02 Å². The Hall–Kier alpha value is -2.38. The van der Waals surface area contributed by atoms with Crippen molar-refractivity contribution in [2.75, 3.05) is 31.7 Å². The Morgan fingerprint density at radius 3 is 2.71 bits per heavy atom. The van der Waals surface area contributed by atoms with Crippen molar-refractivity contribution in [3.05, 3.63) is 46.9 Å². The van der Waals surface area contributed by atoms with Crippen molar-refractivity contribution in [3.8, 4) is 5.75 Å². The number of anilines is 1. The number of carbonyl (C=O) groups is 1. The number of rotatable bonds is 7. The summed E-state index contributed by atoms with van der Waals surface area (Å²) in [4.78, 5) is 22.6. The molecule has 1 aromatic heterocycles. The molecule has 0 radical (unpaired) electrons. The number of aromatic nitrogens is 2. The smallest absolute Gasteiger partial charge is 0.358 e. The van der Waals surface area contributed by atoms with Gasteiger partial charge in [0.05, 0.1) is 31.1 Å². The summed E-state index contributed by atoms with van der Waals surface area (Å²) >= 11 is 6.23. The zero-order valence-electron chi connectivity index (χ0n) is 16.2. The molecule has 0 unspecified atom stereocenters. The topological polar surface area (TPSA) is 76.6 Å². The standard InChI is InChI=1S/C20H25ClN4O3/c1-3-28-18-10-14(4-5-16(18)21)13-25(15-6-8-22-9-7-15)19-12-23-17(11-24-19)20(26)27-2/h4-5,10-12,15,22H,3,6-9,13H2,1-2H3. The number of nitrogens with zero attached hydrogens (tertiary/aromatic N) is 3. The van der Waals surface area contributed by atoms with Gasteiger partial charge in [0.25, 0.3) is 0 Å². The van der Waals surface area contributed by atoms with E-state index in [1.165, 1.54) is 13.3 Å². The summed E-state index contributed by atoms with van der Waals surface area (Å²) in [5.41, 5.74) is 1.27. The minimum Gasteiger partial charge on any atom is -0.492 e. The highest BCUT2D eigenvalue weighted by atomic mass is 35.5. The van der Waals surface area contributed by atoms with Gasteiger partial charge in [0, 0.05) is 12.6 Å². The van der Waals surface area contributed by atoms with Crippen LogP contribution < -0.4 is 15.0 Å². The monoisotopic (exact) mass is 404 g/mol. The van der Waals surface area contributed by atoms with Crippen LogP contribution in [0.4, 0.5) is 5.82 Å². The van der Waals surface area contributed by atoms with Gasteiger partial charge in [-0.3, -0.25) is 0 Å². The summed E-state index contributed by atoms with van der Waals surface area (Å²) < 4.78 is 10.3. The van der Waals surface area contributed by atoms with Crippen LogP contribution in [0.25, 0.3) is 0 Å². The van der Waals surface area contributed by atoms with E-state index >= 15 is 0 Å². The molecule has 2 heterocycles. The lowest BCUT2D eigenvalue weighted by Gasteiger charge is -2.35. The molecule has 1 N–H and O–H groups in total. The van der Waals surface area contributed by atoms with Gasteiger partial charge in [-0.15, -0.1) is 0 Å². The molecule has 0 atom stereocenters. The number of piperidine rings is 1. The fourth-order valence-electron chi connectivity index (χ4n) is 3.30. The zero-order valence-corrected chi connectivity index (χ0v) is 16.9. The summed E-state index contributed by atoms with van der Waals surface area (Å²) in [7, 11) is 1.33. The van der Waals surface area contributed by atoms with E-state index in [-0.39, 0.29) is 5.69 Å². The largest absolute Gasteiger partial charge is 0.492 e. The number of hydrogen-bond acceptors (Lipinski definition) is 7. The molecule has 150 valence electrons. The number of hydrogen-bond donors (Lipinski definition) is 1. The van der Waals surface area contributed by atoms with Crippen LogP contribution in [0.15, 0.2) is 30.6 Å². The van der Waals surface area contributed by atoms with Gasteiger partial charge in [0.2, 0.25) is 0 Å². The lowest BCUT2D eigenvalue weighted by molar-refractivity contribution is 0.0593. The molecule has 1 fully saturated rings. The molecular formula is C20H25ClN4O3. The SMILES string of the molecule is CCOc1cc(CN(c2cnc(C(=O)OC)cn2)C2CCNCC2)ccc1Cl. The van der Waals surface area contributed by atoms with Crippen LogP contribution >= 0.6 is 11.6 Å². The first-order chi connectivity index (χ1) is 13.6. The second-order valence-electron chi connectivity index (χ2n) is 6.56. The molecule has 3 rings (SSSR count). The number of benzene rings is 1. The number of ether oxygens (including phenoxy) is 2. The Labute approximate surface area is 170 Å². The minimum atomic E-state index is -0.494. The average Bonchev–Trinajstić information content (AvgIpc) is 2.74. The number of halogens is 1. The summed E-state index contributed by atoms with van der Waals surface area (Å²) in [6, 6.07) is 6.14. The zero-order chi connectivity index (χ0) is 19.9. The molecule has 1 aliphatic heterocycles. The Kier molecular flexibility index (Phi) is 7.06. The molecule has 0 saturated carbocycles. The van der Waals surface area contributed by atoms with Crippen LogP contribution in [-0.4, -0.2) is 48.8 Å². The first-order valence-electron chi connectivity index (χ1n) is 9.41. The second kappa shape index (κ2) is 9.71. The van der Waals surface area contributed by atoms with Crippen molar-refractivity contribution in [3.63, 3.8) is 0 Å². The highest BCUT2D eigenvalue weighted by molar-refractivity contribution is 6.32. The maximum atomic E-state index is 11.6. The van der Waals surface area contributed by atoms with E-state index in [4.69, 9.17) is 21.1 Å². The maximum Gasteiger partial charge on any atom is 0.358 e. The summed E-state index contributed by atoms with van der Waals surface area (Å²) in [5, 5.41) is 3.99. The molecular weight excluding hydrogens is 380 g/mol. The predicted octanol–water partition coefficient (Wildman–Crippen LogP) is 3.07. The normalized spacial score (nSPS) is 14.5. The summed E-state index contributed by atoms with van der Waals surface area (Å²) in [6.45, 7) is 5.05. The Bertz CT molecular complexity index is 795. The van der Waals surface area contributed by atoms with E-state index in [0.717, 1.165) is 37.3 Å². The van der Waals surface area contributed by atoms with Crippen LogP contribution in [-0.2, 0) is 11.3 Å². The molecule has 8 heteroatoms. The fourth-order valence-corrected chi connectivity index (χ4v) is 3.48. The van der Waals surface area contributed by atoms with Gasteiger partial charge >= 0.3 is 5.97 Å². The van der Waals surface area contributed by atoms with E-state index in [0.29, 0.717) is 30.0 Å². The molecule has 2 aromatic rings. The number of nitrogens with one attached hydrogen (secondary N) is 1. The molecule has 1 aliphatic rings. The van der Waals surface area contributed by atoms with E-state index in [9.17, 15) is 4.79 Å². The van der Waals surface area contributed by atoms with E-state index in [1.54, 1.807) is 6.20 Å². The van der Waals surface area contributed by atoms with Crippen molar-refractivity contribution in [2.24, 2.45) is 0 Å². The van der Waals surface area contributed by atoms with Gasteiger partial charge in [0.15, 0.2) is 5.69 Å². The fraction of sp³-hybridized carbons (Fsp3) is 0.450. The lowest BCUT2D eigenvalue weighted by atomic mass is 10.0. The predicted molar refractivity (Wildman–Crippen MR) is 108 cm³/mol. The summed E-state index contributed by atoms with van der Waals surface area (Å²) in [5.74, 6) is 0.915. The first kappa shape index (κ1) is 20.4. The maximum absolute atomic E-state index is 11.6. The van der Waals surface area contributed by atoms with E-state index in [2.05, 4.69) is 20.2 Å². The Morgan fingerprint density at radius 2 is 2.07 bits per heavy atom. The third kappa shape index (κ3) is 4.91. The van der Waals surface area contributed by atoms with Crippen LogP contribution in [0.5, 0.6) is 5.75 Å². The molecule has 0 bridgehead atoms. The molecule has 1 saturated heterocycles. The van der Waals surface area contributed by atoms with Crippen LogP contribution in [0.1, 0.15) is 35.8 Å². The van der Waals surface area contributed by atoms with Gasteiger partial charge in [0.1, 0.15) is 11.6 Å². The van der Waals surface area contributed by atoms with Crippen molar-refractivity contribution in [1.82, 2.24) is 15.3 Å². The average molecular weight is 405 g/mol. The van der Waals surface area contributed by atoms with Crippen molar-refractivity contribution >= 4 is 23.4 Å². The molecule has 0 aliphatic carbocycles. The van der Waals surface area contributed by atoms with Gasteiger partial charge in [-0.25, -0.2) is 14.8 Å². The van der Waals surface area contributed by atoms with Crippen molar-refractivity contribution < 1.29 is 14.3 Å². The Balaban J connectivity index is 1.87. The van der Waals surface area contributed by atoms with Gasteiger partial charge in [-0.05, 0) is 50.6 Å². The van der Waals surface area contributed by atoms with Crippen molar-refractivity contribution in [1.29, 1.82) is 0 Å². The Morgan fingerprint density at radius 1 is 1.29 bits per heavy atom. The van der Waals surface area contributed by atoms with Gasteiger partial charge in [-0.2, -0.15) is 0 Å². The van der Waals surface area contributed by atoms with E-state index < -0.39 is 5.97 Å². The van der Waals surface area contributed by atoms with Crippen molar-refractivity contribution in [2.45, 2.75) is 32.4 Å². The molecule has 28 heavy (non-hydrogen) atoms. The molecule has 0 spiro atoms. The van der Waals surface area contributed by atoms with E-state index in [1.807, 2.05) is 25.1 Å². The molecule has 7 nitrogen and oxygen atoms in total.